The minimum absolute atomic E-state index is 0.312. The third-order valence-corrected chi connectivity index (χ3v) is 3.28. The molecule has 0 saturated carbocycles. The zero-order valence-corrected chi connectivity index (χ0v) is 11.6. The molecule has 3 nitrogen and oxygen atoms in total. The Morgan fingerprint density at radius 3 is 2.65 bits per heavy atom. The summed E-state index contributed by atoms with van der Waals surface area (Å²) in [6, 6.07) is 8.67. The summed E-state index contributed by atoms with van der Waals surface area (Å²) in [5, 5.41) is 7.65. The maximum Gasteiger partial charge on any atom is 0.0537 e. The van der Waals surface area contributed by atoms with Gasteiger partial charge in [-0.1, -0.05) is 28.1 Å². The van der Waals surface area contributed by atoms with Crippen molar-refractivity contribution < 1.29 is 0 Å². The largest absolute Gasteiger partial charge is 0.306 e. The first-order valence-corrected chi connectivity index (χ1v) is 6.41. The second kappa shape index (κ2) is 5.47. The van der Waals surface area contributed by atoms with Crippen molar-refractivity contribution in [1.82, 2.24) is 15.1 Å². The highest BCUT2D eigenvalue weighted by atomic mass is 79.9. The van der Waals surface area contributed by atoms with Gasteiger partial charge in [0.05, 0.1) is 6.20 Å². The van der Waals surface area contributed by atoms with Crippen LogP contribution in [-0.4, -0.2) is 9.78 Å². The second-order valence-electron chi connectivity index (χ2n) is 4.18. The van der Waals surface area contributed by atoms with Crippen molar-refractivity contribution in [2.75, 3.05) is 0 Å². The Labute approximate surface area is 110 Å². The van der Waals surface area contributed by atoms with Gasteiger partial charge in [-0.2, -0.15) is 5.10 Å². The van der Waals surface area contributed by atoms with Crippen molar-refractivity contribution in [2.45, 2.75) is 19.5 Å². The maximum absolute atomic E-state index is 4.17. The average molecular weight is 294 g/mol. The van der Waals surface area contributed by atoms with E-state index in [0.29, 0.717) is 6.04 Å². The van der Waals surface area contributed by atoms with Crippen molar-refractivity contribution >= 4 is 15.9 Å². The van der Waals surface area contributed by atoms with Crippen molar-refractivity contribution in [3.63, 3.8) is 0 Å². The molecular formula is C13H16BrN3. The third-order valence-electron chi connectivity index (χ3n) is 2.75. The fraction of sp³-hybridized carbons (Fsp3) is 0.308. The van der Waals surface area contributed by atoms with E-state index in [1.165, 1.54) is 11.1 Å². The van der Waals surface area contributed by atoms with Crippen LogP contribution in [0, 0.1) is 0 Å². The van der Waals surface area contributed by atoms with Gasteiger partial charge in [-0.15, -0.1) is 0 Å². The summed E-state index contributed by atoms with van der Waals surface area (Å²) >= 11 is 3.43. The molecule has 0 radical (unpaired) electrons. The van der Waals surface area contributed by atoms with Crippen molar-refractivity contribution in [3.8, 4) is 0 Å². The molecule has 90 valence electrons. The lowest BCUT2D eigenvalue weighted by atomic mass is 10.1. The van der Waals surface area contributed by atoms with Gasteiger partial charge in [0.25, 0.3) is 0 Å². The van der Waals surface area contributed by atoms with E-state index in [0.717, 1.165) is 11.0 Å². The summed E-state index contributed by atoms with van der Waals surface area (Å²) in [6.45, 7) is 3.01. The molecule has 0 aliphatic heterocycles. The predicted octanol–water partition coefficient (Wildman–Crippen LogP) is 3.03. The van der Waals surface area contributed by atoms with Crippen LogP contribution < -0.4 is 5.32 Å². The highest BCUT2D eigenvalue weighted by Gasteiger charge is 2.06. The van der Waals surface area contributed by atoms with Gasteiger partial charge in [0.1, 0.15) is 0 Å². The first-order chi connectivity index (χ1) is 8.15. The maximum atomic E-state index is 4.17. The fourth-order valence-corrected chi connectivity index (χ4v) is 1.92. The zero-order valence-electron chi connectivity index (χ0n) is 10.0. The van der Waals surface area contributed by atoms with Crippen LogP contribution >= 0.6 is 15.9 Å². The molecule has 1 unspecified atom stereocenters. The number of aromatic nitrogens is 2. The molecule has 0 aliphatic rings. The molecule has 1 heterocycles. The first-order valence-electron chi connectivity index (χ1n) is 5.61. The van der Waals surface area contributed by atoms with E-state index < -0.39 is 0 Å². The van der Waals surface area contributed by atoms with E-state index in [1.807, 2.05) is 24.1 Å². The second-order valence-corrected chi connectivity index (χ2v) is 5.09. The Kier molecular flexibility index (Phi) is 3.97. The number of nitrogens with one attached hydrogen (secondary N) is 1. The number of benzene rings is 1. The summed E-state index contributed by atoms with van der Waals surface area (Å²) in [5.41, 5.74) is 2.49. The zero-order chi connectivity index (χ0) is 12.3. The Hall–Kier alpha value is -1.13. The van der Waals surface area contributed by atoms with E-state index in [9.17, 15) is 0 Å². The molecule has 0 fully saturated rings. The Balaban J connectivity index is 1.92. The molecule has 0 saturated heterocycles. The summed E-state index contributed by atoms with van der Waals surface area (Å²) in [7, 11) is 1.94. The van der Waals surface area contributed by atoms with Crippen LogP contribution in [0.15, 0.2) is 41.1 Å². The van der Waals surface area contributed by atoms with Gasteiger partial charge in [-0.05, 0) is 24.6 Å². The molecule has 0 aliphatic carbocycles. The number of halogens is 1. The summed E-state index contributed by atoms with van der Waals surface area (Å²) in [4.78, 5) is 0. The monoisotopic (exact) mass is 293 g/mol. The van der Waals surface area contributed by atoms with E-state index >= 15 is 0 Å². The van der Waals surface area contributed by atoms with E-state index in [2.05, 4.69) is 57.5 Å². The Morgan fingerprint density at radius 1 is 1.35 bits per heavy atom. The van der Waals surface area contributed by atoms with Gasteiger partial charge in [-0.25, -0.2) is 0 Å². The van der Waals surface area contributed by atoms with Crippen LogP contribution in [0.25, 0.3) is 0 Å². The van der Waals surface area contributed by atoms with Crippen LogP contribution in [0.3, 0.4) is 0 Å². The molecule has 0 amide bonds. The summed E-state index contributed by atoms with van der Waals surface area (Å²) in [6.07, 6.45) is 3.94. The molecule has 2 aromatic rings. The molecule has 1 aromatic carbocycles. The minimum Gasteiger partial charge on any atom is -0.306 e. The van der Waals surface area contributed by atoms with Gasteiger partial charge in [0, 0.05) is 35.9 Å². The van der Waals surface area contributed by atoms with E-state index in [4.69, 9.17) is 0 Å². The number of rotatable bonds is 4. The Bertz CT molecular complexity index is 476. The van der Waals surface area contributed by atoms with Crippen molar-refractivity contribution in [2.24, 2.45) is 7.05 Å². The van der Waals surface area contributed by atoms with E-state index in [-0.39, 0.29) is 0 Å². The lowest BCUT2D eigenvalue weighted by Gasteiger charge is -2.11. The highest BCUT2D eigenvalue weighted by Crippen LogP contribution is 2.13. The summed E-state index contributed by atoms with van der Waals surface area (Å²) < 4.78 is 2.94. The average Bonchev–Trinajstić information content (AvgIpc) is 2.75. The Morgan fingerprint density at radius 2 is 2.06 bits per heavy atom. The lowest BCUT2D eigenvalue weighted by Crippen LogP contribution is -2.17. The predicted molar refractivity (Wildman–Crippen MR) is 72.6 cm³/mol. The van der Waals surface area contributed by atoms with Gasteiger partial charge in [0.15, 0.2) is 0 Å². The van der Waals surface area contributed by atoms with Gasteiger partial charge in [0.2, 0.25) is 0 Å². The van der Waals surface area contributed by atoms with E-state index in [1.54, 1.807) is 0 Å². The SMILES string of the molecule is CC(NCc1ccc(Br)cc1)c1cnn(C)c1. The molecule has 2 rings (SSSR count). The number of hydrogen-bond donors (Lipinski definition) is 1. The topological polar surface area (TPSA) is 29.9 Å². The highest BCUT2D eigenvalue weighted by molar-refractivity contribution is 9.10. The van der Waals surface area contributed by atoms with Crippen molar-refractivity contribution in [3.05, 3.63) is 52.3 Å². The van der Waals surface area contributed by atoms with Crippen LogP contribution in [0.1, 0.15) is 24.1 Å². The molecule has 0 spiro atoms. The van der Waals surface area contributed by atoms with Crippen LogP contribution in [0.4, 0.5) is 0 Å². The normalized spacial score (nSPS) is 12.6. The molecule has 4 heteroatoms. The fourth-order valence-electron chi connectivity index (χ4n) is 1.65. The van der Waals surface area contributed by atoms with Crippen LogP contribution in [-0.2, 0) is 13.6 Å². The third kappa shape index (κ3) is 3.41. The molecule has 1 aromatic heterocycles. The van der Waals surface area contributed by atoms with Crippen LogP contribution in [0.2, 0.25) is 0 Å². The molecule has 0 bridgehead atoms. The van der Waals surface area contributed by atoms with Crippen LogP contribution in [0.5, 0.6) is 0 Å². The lowest BCUT2D eigenvalue weighted by molar-refractivity contribution is 0.574. The smallest absolute Gasteiger partial charge is 0.0537 e. The van der Waals surface area contributed by atoms with Crippen molar-refractivity contribution in [1.29, 1.82) is 0 Å². The number of hydrogen-bond acceptors (Lipinski definition) is 2. The quantitative estimate of drug-likeness (QED) is 0.939. The molecule has 1 N–H and O–H groups in total. The number of aryl methyl sites for hydroxylation is 1. The standard InChI is InChI=1S/C13H16BrN3/c1-10(12-8-16-17(2)9-12)15-7-11-3-5-13(14)6-4-11/h3-6,8-10,15H,7H2,1-2H3. The number of nitrogens with zero attached hydrogens (tertiary/aromatic N) is 2. The van der Waals surface area contributed by atoms with Gasteiger partial charge >= 0.3 is 0 Å². The molecular weight excluding hydrogens is 278 g/mol. The first kappa shape index (κ1) is 12.3. The van der Waals surface area contributed by atoms with Gasteiger partial charge < -0.3 is 5.32 Å². The van der Waals surface area contributed by atoms with Gasteiger partial charge in [-0.3, -0.25) is 4.68 Å². The minimum atomic E-state index is 0.312. The molecule has 17 heavy (non-hydrogen) atoms. The molecule has 1 atom stereocenters. The summed E-state index contributed by atoms with van der Waals surface area (Å²) in [5.74, 6) is 0.